The molecule has 0 aromatic carbocycles. The van der Waals surface area contributed by atoms with Gasteiger partial charge in [-0.25, -0.2) is 4.98 Å². The van der Waals surface area contributed by atoms with Crippen molar-refractivity contribution in [3.8, 4) is 0 Å². The van der Waals surface area contributed by atoms with Crippen molar-refractivity contribution in [2.45, 2.75) is 54.3 Å². The molecule has 3 heterocycles. The molecule has 15 heavy (non-hydrogen) atoms. The van der Waals surface area contributed by atoms with E-state index in [-0.39, 0.29) is 0 Å². The van der Waals surface area contributed by atoms with E-state index in [9.17, 15) is 0 Å². The first-order valence-corrected chi connectivity index (χ1v) is 7.40. The number of piperidine rings is 1. The Balaban J connectivity index is 1.64. The van der Waals surface area contributed by atoms with Gasteiger partial charge in [0.05, 0.1) is 0 Å². The molecule has 0 amide bonds. The van der Waals surface area contributed by atoms with E-state index in [1.165, 1.54) is 35.7 Å². The fourth-order valence-corrected chi connectivity index (χ4v) is 5.06. The number of hydrogen-bond acceptors (Lipinski definition) is 4. The lowest BCUT2D eigenvalue weighted by Crippen LogP contribution is -2.39. The molecule has 1 aromatic rings. The number of aryl methyl sites for hydroxylation is 1. The highest BCUT2D eigenvalue weighted by atomic mass is 32.2. The van der Waals surface area contributed by atoms with Crippen LogP contribution in [0, 0.1) is 6.92 Å². The molecule has 2 fully saturated rings. The van der Waals surface area contributed by atoms with Crippen LogP contribution in [0.15, 0.2) is 9.72 Å². The van der Waals surface area contributed by atoms with Crippen molar-refractivity contribution < 1.29 is 0 Å². The molecule has 0 radical (unpaired) electrons. The molecule has 1 N–H and O–H groups in total. The molecule has 0 aliphatic carbocycles. The van der Waals surface area contributed by atoms with E-state index < -0.39 is 0 Å². The lowest BCUT2D eigenvalue weighted by molar-refractivity contribution is 0.415. The molecule has 82 valence electrons. The first kappa shape index (κ1) is 10.1. The number of aromatic nitrogens is 1. The number of nitrogens with zero attached hydrogens (tertiary/aromatic N) is 1. The van der Waals surface area contributed by atoms with Crippen LogP contribution in [-0.4, -0.2) is 22.3 Å². The van der Waals surface area contributed by atoms with Gasteiger partial charge in [0.2, 0.25) is 0 Å². The number of thiazole rings is 1. The van der Waals surface area contributed by atoms with E-state index >= 15 is 0 Å². The van der Waals surface area contributed by atoms with Gasteiger partial charge >= 0.3 is 0 Å². The van der Waals surface area contributed by atoms with Gasteiger partial charge in [0, 0.05) is 28.4 Å². The van der Waals surface area contributed by atoms with Crippen LogP contribution >= 0.6 is 23.1 Å². The van der Waals surface area contributed by atoms with Crippen LogP contribution in [0.5, 0.6) is 0 Å². The van der Waals surface area contributed by atoms with Crippen LogP contribution < -0.4 is 5.32 Å². The molecule has 2 nitrogen and oxygen atoms in total. The van der Waals surface area contributed by atoms with Crippen molar-refractivity contribution in [3.63, 3.8) is 0 Å². The fourth-order valence-electron chi connectivity index (χ4n) is 2.63. The summed E-state index contributed by atoms with van der Waals surface area (Å²) in [5, 5.41) is 6.63. The highest BCUT2D eigenvalue weighted by molar-refractivity contribution is 8.01. The van der Waals surface area contributed by atoms with Gasteiger partial charge in [0.15, 0.2) is 0 Å². The van der Waals surface area contributed by atoms with Gasteiger partial charge in [0.25, 0.3) is 0 Å². The summed E-state index contributed by atoms with van der Waals surface area (Å²) < 4.78 is 1.26. The molecule has 2 aliphatic heterocycles. The third kappa shape index (κ3) is 2.22. The third-order valence-corrected chi connectivity index (χ3v) is 5.64. The summed E-state index contributed by atoms with van der Waals surface area (Å²) in [6, 6.07) is 1.59. The molecule has 2 bridgehead atoms. The van der Waals surface area contributed by atoms with E-state index in [0.717, 1.165) is 17.3 Å². The van der Waals surface area contributed by atoms with Crippen molar-refractivity contribution >= 4 is 23.1 Å². The van der Waals surface area contributed by atoms with Crippen LogP contribution in [0.3, 0.4) is 0 Å². The van der Waals surface area contributed by atoms with Crippen LogP contribution in [0.25, 0.3) is 0 Å². The molecule has 2 saturated heterocycles. The zero-order valence-corrected chi connectivity index (χ0v) is 10.5. The van der Waals surface area contributed by atoms with Crippen molar-refractivity contribution in [3.05, 3.63) is 11.1 Å². The molecule has 0 unspecified atom stereocenters. The van der Waals surface area contributed by atoms with E-state index in [0.29, 0.717) is 0 Å². The molecule has 2 atom stereocenters. The third-order valence-electron chi connectivity index (χ3n) is 3.30. The Bertz CT molecular complexity index is 338. The molecular weight excluding hydrogens is 224 g/mol. The highest BCUT2D eigenvalue weighted by Gasteiger charge is 2.34. The quantitative estimate of drug-likeness (QED) is 0.860. The molecule has 4 heteroatoms. The Morgan fingerprint density at radius 3 is 2.73 bits per heavy atom. The number of fused-ring (bicyclic) bond motifs is 2. The Morgan fingerprint density at radius 2 is 2.13 bits per heavy atom. The van der Waals surface area contributed by atoms with E-state index in [2.05, 4.69) is 22.6 Å². The van der Waals surface area contributed by atoms with Crippen LogP contribution in [0.2, 0.25) is 0 Å². The topological polar surface area (TPSA) is 24.9 Å². The second-order valence-corrected chi connectivity index (χ2v) is 7.01. The SMILES string of the molecule is Cc1csc(SC2C[C@@H]3CC[C@@H](C2)N3)n1. The predicted octanol–water partition coefficient (Wildman–Crippen LogP) is 2.83. The lowest BCUT2D eigenvalue weighted by atomic mass is 10.1. The minimum atomic E-state index is 0.794. The van der Waals surface area contributed by atoms with Gasteiger partial charge in [-0.1, -0.05) is 11.8 Å². The average Bonchev–Trinajstić information content (AvgIpc) is 2.74. The van der Waals surface area contributed by atoms with Gasteiger partial charge in [-0.3, -0.25) is 0 Å². The van der Waals surface area contributed by atoms with Crippen LogP contribution in [0.4, 0.5) is 0 Å². The summed E-state index contributed by atoms with van der Waals surface area (Å²) in [5.41, 5.74) is 1.17. The highest BCUT2D eigenvalue weighted by Crippen LogP contribution is 2.37. The summed E-state index contributed by atoms with van der Waals surface area (Å²) in [4.78, 5) is 4.54. The van der Waals surface area contributed by atoms with Crippen molar-refractivity contribution in [2.24, 2.45) is 0 Å². The second kappa shape index (κ2) is 4.07. The summed E-state index contributed by atoms with van der Waals surface area (Å²) in [6.07, 6.45) is 5.44. The molecule has 1 aromatic heterocycles. The minimum absolute atomic E-state index is 0.794. The van der Waals surface area contributed by atoms with Gasteiger partial charge in [-0.05, 0) is 32.6 Å². The molecule has 0 spiro atoms. The largest absolute Gasteiger partial charge is 0.311 e. The summed E-state index contributed by atoms with van der Waals surface area (Å²) in [5.74, 6) is 0. The zero-order valence-electron chi connectivity index (χ0n) is 8.90. The standard InChI is InChI=1S/C11H16N2S2/c1-7-6-14-11(12-7)15-10-4-8-2-3-9(5-10)13-8/h6,8-10,13H,2-5H2,1H3/t8-,9-/m0/s1. The summed E-state index contributed by atoms with van der Waals surface area (Å²) in [7, 11) is 0. The first-order chi connectivity index (χ1) is 7.29. The molecule has 3 rings (SSSR count). The Hall–Kier alpha value is -0.0600. The van der Waals surface area contributed by atoms with Gasteiger partial charge in [-0.15, -0.1) is 11.3 Å². The minimum Gasteiger partial charge on any atom is -0.311 e. The van der Waals surface area contributed by atoms with E-state index in [1.807, 2.05) is 11.8 Å². The average molecular weight is 240 g/mol. The van der Waals surface area contributed by atoms with Gasteiger partial charge < -0.3 is 5.32 Å². The Morgan fingerprint density at radius 1 is 1.40 bits per heavy atom. The predicted molar refractivity (Wildman–Crippen MR) is 65.7 cm³/mol. The first-order valence-electron chi connectivity index (χ1n) is 5.64. The summed E-state index contributed by atoms with van der Waals surface area (Å²) in [6.45, 7) is 2.08. The Kier molecular flexibility index (Phi) is 2.75. The monoisotopic (exact) mass is 240 g/mol. The van der Waals surface area contributed by atoms with E-state index in [4.69, 9.17) is 0 Å². The second-order valence-electron chi connectivity index (χ2n) is 4.60. The maximum absolute atomic E-state index is 4.54. The number of nitrogens with one attached hydrogen (secondary N) is 1. The normalized spacial score (nSPS) is 34.6. The van der Waals surface area contributed by atoms with Gasteiger partial charge in [0.1, 0.15) is 4.34 Å². The number of hydrogen-bond donors (Lipinski definition) is 1. The molecular formula is C11H16N2S2. The van der Waals surface area contributed by atoms with Crippen molar-refractivity contribution in [1.82, 2.24) is 10.3 Å². The lowest BCUT2D eigenvalue weighted by Gasteiger charge is -2.27. The molecule has 2 aliphatic rings. The summed E-state index contributed by atoms with van der Waals surface area (Å²) >= 11 is 3.80. The number of rotatable bonds is 2. The maximum atomic E-state index is 4.54. The van der Waals surface area contributed by atoms with Crippen LogP contribution in [0.1, 0.15) is 31.4 Å². The zero-order chi connectivity index (χ0) is 10.3. The smallest absolute Gasteiger partial charge is 0.150 e. The fraction of sp³-hybridized carbons (Fsp3) is 0.727. The van der Waals surface area contributed by atoms with E-state index in [1.54, 1.807) is 11.3 Å². The molecule has 0 saturated carbocycles. The number of thioether (sulfide) groups is 1. The van der Waals surface area contributed by atoms with Crippen molar-refractivity contribution in [2.75, 3.05) is 0 Å². The van der Waals surface area contributed by atoms with Crippen molar-refractivity contribution in [1.29, 1.82) is 0 Å². The van der Waals surface area contributed by atoms with Gasteiger partial charge in [-0.2, -0.15) is 0 Å². The maximum Gasteiger partial charge on any atom is 0.150 e. The Labute approximate surface area is 98.9 Å². The van der Waals surface area contributed by atoms with Crippen LogP contribution in [-0.2, 0) is 0 Å².